The molecule has 0 aliphatic rings. The molecule has 1 aromatic heterocycles. The standard InChI is InChI=1S/C11H19N3O3S/c1-11(17,7-14(2)3)6-12-4-8-5-18-9(13-8)10(15)16/h5,12,17H,4,6-7H2,1-3H3,(H,15,16). The third-order valence-corrected chi connectivity index (χ3v) is 3.08. The van der Waals surface area contributed by atoms with Crippen LogP contribution in [0.1, 0.15) is 22.4 Å². The van der Waals surface area contributed by atoms with Crippen LogP contribution in [0, 0.1) is 0 Å². The van der Waals surface area contributed by atoms with Crippen molar-refractivity contribution in [1.82, 2.24) is 15.2 Å². The van der Waals surface area contributed by atoms with E-state index in [0.29, 0.717) is 25.3 Å². The molecule has 1 rings (SSSR count). The third-order valence-electron chi connectivity index (χ3n) is 2.20. The molecule has 1 atom stereocenters. The maximum absolute atomic E-state index is 10.7. The zero-order valence-corrected chi connectivity index (χ0v) is 11.6. The summed E-state index contributed by atoms with van der Waals surface area (Å²) in [6.45, 7) is 3.18. The van der Waals surface area contributed by atoms with E-state index in [1.165, 1.54) is 0 Å². The predicted molar refractivity (Wildman–Crippen MR) is 70.0 cm³/mol. The molecular weight excluding hydrogens is 254 g/mol. The Kier molecular flexibility index (Phi) is 5.21. The van der Waals surface area contributed by atoms with Gasteiger partial charge in [0.05, 0.1) is 11.3 Å². The largest absolute Gasteiger partial charge is 0.476 e. The van der Waals surface area contributed by atoms with Gasteiger partial charge in [-0.2, -0.15) is 0 Å². The van der Waals surface area contributed by atoms with E-state index in [1.54, 1.807) is 12.3 Å². The van der Waals surface area contributed by atoms with E-state index in [9.17, 15) is 9.90 Å². The van der Waals surface area contributed by atoms with Crippen molar-refractivity contribution in [2.45, 2.75) is 19.1 Å². The molecule has 0 aliphatic carbocycles. The molecule has 0 spiro atoms. The Labute approximate surface area is 110 Å². The van der Waals surface area contributed by atoms with Gasteiger partial charge in [0, 0.05) is 25.0 Å². The summed E-state index contributed by atoms with van der Waals surface area (Å²) >= 11 is 1.10. The number of aromatic carboxylic acids is 1. The SMILES string of the molecule is CN(C)CC(C)(O)CNCc1csc(C(=O)O)n1. The average molecular weight is 273 g/mol. The van der Waals surface area contributed by atoms with Crippen molar-refractivity contribution in [3.63, 3.8) is 0 Å². The smallest absolute Gasteiger partial charge is 0.365 e. The van der Waals surface area contributed by atoms with Gasteiger partial charge in [0.2, 0.25) is 5.01 Å². The number of nitrogens with zero attached hydrogens (tertiary/aromatic N) is 2. The van der Waals surface area contributed by atoms with Crippen LogP contribution in [0.25, 0.3) is 0 Å². The third kappa shape index (κ3) is 5.09. The molecule has 1 aromatic rings. The van der Waals surface area contributed by atoms with Crippen LogP contribution in [0.15, 0.2) is 5.38 Å². The minimum Gasteiger partial charge on any atom is -0.476 e. The molecule has 102 valence electrons. The number of carboxylic acid groups (broad SMARTS) is 1. The molecule has 1 heterocycles. The normalized spacial score (nSPS) is 14.7. The van der Waals surface area contributed by atoms with E-state index in [-0.39, 0.29) is 5.01 Å². The van der Waals surface area contributed by atoms with E-state index in [0.717, 1.165) is 11.3 Å². The summed E-state index contributed by atoms with van der Waals surface area (Å²) in [5.74, 6) is -1.01. The lowest BCUT2D eigenvalue weighted by molar-refractivity contribution is 0.0335. The first-order valence-electron chi connectivity index (χ1n) is 5.56. The van der Waals surface area contributed by atoms with Crippen LogP contribution in [-0.4, -0.2) is 58.9 Å². The molecule has 0 aliphatic heterocycles. The highest BCUT2D eigenvalue weighted by Gasteiger charge is 2.20. The topological polar surface area (TPSA) is 85.7 Å². The summed E-state index contributed by atoms with van der Waals surface area (Å²) in [4.78, 5) is 16.5. The Morgan fingerprint density at radius 1 is 1.61 bits per heavy atom. The Balaban J connectivity index is 2.39. The first-order valence-corrected chi connectivity index (χ1v) is 6.44. The fourth-order valence-corrected chi connectivity index (χ4v) is 2.34. The maximum Gasteiger partial charge on any atom is 0.365 e. The van der Waals surface area contributed by atoms with Crippen LogP contribution in [0.2, 0.25) is 0 Å². The van der Waals surface area contributed by atoms with Crippen molar-refractivity contribution in [2.75, 3.05) is 27.2 Å². The van der Waals surface area contributed by atoms with Crippen LogP contribution in [0.4, 0.5) is 0 Å². The van der Waals surface area contributed by atoms with Crippen molar-refractivity contribution in [3.8, 4) is 0 Å². The molecule has 0 amide bonds. The van der Waals surface area contributed by atoms with E-state index in [2.05, 4.69) is 10.3 Å². The van der Waals surface area contributed by atoms with Gasteiger partial charge < -0.3 is 20.4 Å². The molecule has 6 nitrogen and oxygen atoms in total. The quantitative estimate of drug-likeness (QED) is 0.660. The molecule has 0 saturated carbocycles. The Hall–Kier alpha value is -1.02. The number of aliphatic hydroxyl groups is 1. The average Bonchev–Trinajstić information content (AvgIpc) is 2.63. The molecule has 0 saturated heterocycles. The summed E-state index contributed by atoms with van der Waals surface area (Å²) in [7, 11) is 3.79. The van der Waals surface area contributed by atoms with Crippen molar-refractivity contribution in [2.24, 2.45) is 0 Å². The van der Waals surface area contributed by atoms with Gasteiger partial charge in [-0.05, 0) is 21.0 Å². The lowest BCUT2D eigenvalue weighted by Gasteiger charge is -2.27. The minimum atomic E-state index is -1.01. The van der Waals surface area contributed by atoms with Gasteiger partial charge in [0.25, 0.3) is 0 Å². The molecule has 0 radical (unpaired) electrons. The number of thiazole rings is 1. The number of nitrogens with one attached hydrogen (secondary N) is 1. The number of hydrogen-bond acceptors (Lipinski definition) is 6. The second kappa shape index (κ2) is 6.24. The molecule has 0 bridgehead atoms. The summed E-state index contributed by atoms with van der Waals surface area (Å²) < 4.78 is 0. The maximum atomic E-state index is 10.7. The summed E-state index contributed by atoms with van der Waals surface area (Å²) in [6.07, 6.45) is 0. The van der Waals surface area contributed by atoms with Gasteiger partial charge in [-0.15, -0.1) is 11.3 Å². The number of rotatable bonds is 7. The second-order valence-corrected chi connectivity index (χ2v) is 5.65. The lowest BCUT2D eigenvalue weighted by atomic mass is 10.1. The number of likely N-dealkylation sites (N-methyl/N-ethyl adjacent to an activating group) is 1. The van der Waals surface area contributed by atoms with Gasteiger partial charge in [-0.3, -0.25) is 0 Å². The Morgan fingerprint density at radius 2 is 2.28 bits per heavy atom. The van der Waals surface area contributed by atoms with Crippen molar-refractivity contribution < 1.29 is 15.0 Å². The lowest BCUT2D eigenvalue weighted by Crippen LogP contribution is -2.45. The van der Waals surface area contributed by atoms with E-state index >= 15 is 0 Å². The van der Waals surface area contributed by atoms with Crippen LogP contribution < -0.4 is 5.32 Å². The van der Waals surface area contributed by atoms with Crippen LogP contribution in [0.3, 0.4) is 0 Å². The fourth-order valence-electron chi connectivity index (χ4n) is 1.68. The summed E-state index contributed by atoms with van der Waals surface area (Å²) in [5, 5.41) is 23.6. The monoisotopic (exact) mass is 273 g/mol. The van der Waals surface area contributed by atoms with Crippen molar-refractivity contribution in [1.29, 1.82) is 0 Å². The van der Waals surface area contributed by atoms with Crippen molar-refractivity contribution in [3.05, 3.63) is 16.1 Å². The molecule has 0 fully saturated rings. The van der Waals surface area contributed by atoms with Crippen molar-refractivity contribution >= 4 is 17.3 Å². The van der Waals surface area contributed by atoms with Gasteiger partial charge in [0.15, 0.2) is 0 Å². The zero-order valence-electron chi connectivity index (χ0n) is 10.8. The Bertz CT molecular complexity index is 404. The van der Waals surface area contributed by atoms with E-state index in [4.69, 9.17) is 5.11 Å². The Morgan fingerprint density at radius 3 is 2.78 bits per heavy atom. The summed E-state index contributed by atoms with van der Waals surface area (Å²) in [6, 6.07) is 0. The van der Waals surface area contributed by atoms with Gasteiger partial charge in [0.1, 0.15) is 0 Å². The van der Waals surface area contributed by atoms with Gasteiger partial charge in [-0.25, -0.2) is 9.78 Å². The van der Waals surface area contributed by atoms with Gasteiger partial charge >= 0.3 is 5.97 Å². The predicted octanol–water partition coefficient (Wildman–Crippen LogP) is 0.244. The molecule has 3 N–H and O–H groups in total. The minimum absolute atomic E-state index is 0.0897. The van der Waals surface area contributed by atoms with Crippen LogP contribution in [0.5, 0.6) is 0 Å². The first-order chi connectivity index (χ1) is 8.30. The molecule has 0 aromatic carbocycles. The van der Waals surface area contributed by atoms with Crippen LogP contribution >= 0.6 is 11.3 Å². The highest BCUT2D eigenvalue weighted by Crippen LogP contribution is 2.10. The number of aromatic nitrogens is 1. The first kappa shape index (κ1) is 15.0. The van der Waals surface area contributed by atoms with E-state index < -0.39 is 11.6 Å². The highest BCUT2D eigenvalue weighted by molar-refractivity contribution is 7.11. The second-order valence-electron chi connectivity index (χ2n) is 4.79. The summed E-state index contributed by atoms with van der Waals surface area (Å²) in [5.41, 5.74) is -0.146. The number of carboxylic acids is 1. The molecule has 18 heavy (non-hydrogen) atoms. The van der Waals surface area contributed by atoms with E-state index in [1.807, 2.05) is 19.0 Å². The fraction of sp³-hybridized carbons (Fsp3) is 0.636. The number of carbonyl (C=O) groups is 1. The molecular formula is C11H19N3O3S. The van der Waals surface area contributed by atoms with Gasteiger partial charge in [-0.1, -0.05) is 0 Å². The number of hydrogen-bond donors (Lipinski definition) is 3. The molecule has 7 heteroatoms. The zero-order chi connectivity index (χ0) is 13.8. The highest BCUT2D eigenvalue weighted by atomic mass is 32.1. The van der Waals surface area contributed by atoms with Crippen LogP contribution in [-0.2, 0) is 6.54 Å². The molecule has 1 unspecified atom stereocenters.